The molecule has 1 aromatic carbocycles. The lowest BCUT2D eigenvalue weighted by atomic mass is 10.1. The molecule has 3 N–H and O–H groups in total. The van der Waals surface area contributed by atoms with E-state index in [2.05, 4.69) is 0 Å². The summed E-state index contributed by atoms with van der Waals surface area (Å²) in [6.45, 7) is 2.11. The number of furan rings is 1. The van der Waals surface area contributed by atoms with Crippen molar-refractivity contribution < 1.29 is 9.52 Å². The Labute approximate surface area is 82.1 Å². The molecule has 0 aliphatic rings. The molecule has 0 aliphatic heterocycles. The number of aliphatic hydroxyl groups is 1. The second-order valence-electron chi connectivity index (χ2n) is 3.34. The molecule has 3 nitrogen and oxygen atoms in total. The van der Waals surface area contributed by atoms with Crippen LogP contribution >= 0.6 is 0 Å². The Kier molecular flexibility index (Phi) is 2.27. The van der Waals surface area contributed by atoms with E-state index < -0.39 is 6.10 Å². The molecule has 0 aliphatic carbocycles. The van der Waals surface area contributed by atoms with Gasteiger partial charge in [0.05, 0.1) is 0 Å². The summed E-state index contributed by atoms with van der Waals surface area (Å²) in [7, 11) is 0. The van der Waals surface area contributed by atoms with Crippen molar-refractivity contribution >= 4 is 11.0 Å². The molecule has 0 radical (unpaired) electrons. The number of aliphatic hydroxyl groups excluding tert-OH is 1. The van der Waals surface area contributed by atoms with Gasteiger partial charge in [-0.25, -0.2) is 0 Å². The maximum Gasteiger partial charge on any atom is 0.138 e. The highest BCUT2D eigenvalue weighted by molar-refractivity contribution is 5.81. The van der Waals surface area contributed by atoms with Crippen LogP contribution in [0, 0.1) is 6.92 Å². The normalized spacial score (nSPS) is 13.4. The zero-order chi connectivity index (χ0) is 10.1. The van der Waals surface area contributed by atoms with Crippen molar-refractivity contribution in [2.24, 2.45) is 5.73 Å². The van der Waals surface area contributed by atoms with Crippen molar-refractivity contribution in [1.82, 2.24) is 0 Å². The fourth-order valence-electron chi connectivity index (χ4n) is 1.62. The third kappa shape index (κ3) is 1.31. The van der Waals surface area contributed by atoms with Crippen molar-refractivity contribution in [2.75, 3.05) is 6.54 Å². The molecule has 0 bridgehead atoms. The lowest BCUT2D eigenvalue weighted by Gasteiger charge is -2.03. The summed E-state index contributed by atoms with van der Waals surface area (Å²) in [5.74, 6) is 0.578. The van der Waals surface area contributed by atoms with Gasteiger partial charge < -0.3 is 15.3 Å². The molecule has 0 saturated heterocycles. The van der Waals surface area contributed by atoms with Crippen LogP contribution in [0.3, 0.4) is 0 Å². The van der Waals surface area contributed by atoms with Gasteiger partial charge >= 0.3 is 0 Å². The summed E-state index contributed by atoms with van der Waals surface area (Å²) in [5.41, 5.74) is 7.15. The van der Waals surface area contributed by atoms with Crippen molar-refractivity contribution in [3.8, 4) is 0 Å². The molecular weight excluding hydrogens is 178 g/mol. The van der Waals surface area contributed by atoms with E-state index >= 15 is 0 Å². The van der Waals surface area contributed by atoms with Gasteiger partial charge in [0, 0.05) is 17.5 Å². The Balaban J connectivity index is 2.62. The zero-order valence-electron chi connectivity index (χ0n) is 8.03. The minimum absolute atomic E-state index is 0.181. The molecule has 74 valence electrons. The lowest BCUT2D eigenvalue weighted by molar-refractivity contribution is 0.159. The van der Waals surface area contributed by atoms with Gasteiger partial charge in [0.2, 0.25) is 0 Å². The number of hydrogen-bond donors (Lipinski definition) is 2. The molecule has 1 atom stereocenters. The van der Waals surface area contributed by atoms with Crippen LogP contribution in [0.25, 0.3) is 11.0 Å². The van der Waals surface area contributed by atoms with Crippen molar-refractivity contribution in [1.29, 1.82) is 0 Å². The first kappa shape index (κ1) is 9.24. The van der Waals surface area contributed by atoms with Crippen LogP contribution in [0.1, 0.15) is 17.4 Å². The van der Waals surface area contributed by atoms with Crippen molar-refractivity contribution in [2.45, 2.75) is 13.0 Å². The second-order valence-corrected chi connectivity index (χ2v) is 3.34. The van der Waals surface area contributed by atoms with Gasteiger partial charge in [0.1, 0.15) is 17.4 Å². The minimum atomic E-state index is -0.706. The molecule has 0 fully saturated rings. The van der Waals surface area contributed by atoms with Crippen LogP contribution in [0.2, 0.25) is 0 Å². The molecule has 1 aromatic heterocycles. The number of benzene rings is 1. The molecular formula is C11H13NO2. The Hall–Kier alpha value is -1.32. The largest absolute Gasteiger partial charge is 0.458 e. The van der Waals surface area contributed by atoms with Gasteiger partial charge in [0.25, 0.3) is 0 Å². The molecule has 2 rings (SSSR count). The summed E-state index contributed by atoms with van der Waals surface area (Å²) in [6, 6.07) is 7.71. The third-order valence-electron chi connectivity index (χ3n) is 2.41. The number of rotatable bonds is 2. The predicted octanol–water partition coefficient (Wildman–Crippen LogP) is 1.73. The number of aryl methyl sites for hydroxylation is 1. The minimum Gasteiger partial charge on any atom is -0.458 e. The van der Waals surface area contributed by atoms with Gasteiger partial charge in [0.15, 0.2) is 0 Å². The highest BCUT2D eigenvalue weighted by Crippen LogP contribution is 2.28. The predicted molar refractivity (Wildman–Crippen MR) is 55.0 cm³/mol. The van der Waals surface area contributed by atoms with Crippen LogP contribution < -0.4 is 5.73 Å². The quantitative estimate of drug-likeness (QED) is 0.760. The Bertz CT molecular complexity index is 447. The van der Waals surface area contributed by atoms with E-state index in [0.29, 0.717) is 5.76 Å². The fraction of sp³-hybridized carbons (Fsp3) is 0.273. The summed E-state index contributed by atoms with van der Waals surface area (Å²) >= 11 is 0. The fourth-order valence-corrected chi connectivity index (χ4v) is 1.62. The van der Waals surface area contributed by atoms with E-state index in [9.17, 15) is 5.11 Å². The number of para-hydroxylation sites is 1. The second kappa shape index (κ2) is 3.44. The maximum absolute atomic E-state index is 9.59. The number of nitrogens with two attached hydrogens (primary N) is 1. The monoisotopic (exact) mass is 191 g/mol. The zero-order valence-corrected chi connectivity index (χ0v) is 8.03. The maximum atomic E-state index is 9.59. The topological polar surface area (TPSA) is 59.4 Å². The molecule has 0 spiro atoms. The van der Waals surface area contributed by atoms with Gasteiger partial charge in [-0.1, -0.05) is 18.2 Å². The van der Waals surface area contributed by atoms with Crippen LogP contribution in [0.4, 0.5) is 0 Å². The van der Waals surface area contributed by atoms with Gasteiger partial charge in [-0.2, -0.15) is 0 Å². The van der Waals surface area contributed by atoms with E-state index in [-0.39, 0.29) is 6.54 Å². The van der Waals surface area contributed by atoms with Gasteiger partial charge in [-0.05, 0) is 13.0 Å². The Morgan fingerprint density at radius 3 is 2.79 bits per heavy atom. The first-order valence-corrected chi connectivity index (χ1v) is 4.60. The standard InChI is InChI=1S/C11H13NO2/c1-7-8-4-2-3-5-10(8)14-11(7)9(13)6-12/h2-5,9,13H,6,12H2,1H3. The summed E-state index contributed by atoms with van der Waals surface area (Å²) < 4.78 is 5.52. The first-order chi connectivity index (χ1) is 6.74. The highest BCUT2D eigenvalue weighted by atomic mass is 16.4. The summed E-state index contributed by atoms with van der Waals surface area (Å²) in [5, 5.41) is 10.6. The Morgan fingerprint density at radius 2 is 2.14 bits per heavy atom. The summed E-state index contributed by atoms with van der Waals surface area (Å²) in [4.78, 5) is 0. The van der Waals surface area contributed by atoms with Crippen molar-refractivity contribution in [3.63, 3.8) is 0 Å². The van der Waals surface area contributed by atoms with E-state index in [1.54, 1.807) is 0 Å². The molecule has 0 amide bonds. The molecule has 1 heterocycles. The molecule has 14 heavy (non-hydrogen) atoms. The van der Waals surface area contributed by atoms with E-state index in [1.807, 2.05) is 31.2 Å². The average molecular weight is 191 g/mol. The molecule has 3 heteroatoms. The lowest BCUT2D eigenvalue weighted by Crippen LogP contribution is -2.11. The van der Waals surface area contributed by atoms with E-state index in [4.69, 9.17) is 10.2 Å². The van der Waals surface area contributed by atoms with Crippen LogP contribution in [0.15, 0.2) is 28.7 Å². The average Bonchev–Trinajstić information content (AvgIpc) is 2.56. The van der Waals surface area contributed by atoms with E-state index in [1.165, 1.54) is 0 Å². The van der Waals surface area contributed by atoms with Crippen LogP contribution in [0.5, 0.6) is 0 Å². The van der Waals surface area contributed by atoms with Gasteiger partial charge in [-0.15, -0.1) is 0 Å². The number of hydrogen-bond acceptors (Lipinski definition) is 3. The van der Waals surface area contributed by atoms with Crippen LogP contribution in [-0.2, 0) is 0 Å². The molecule has 2 aromatic rings. The smallest absolute Gasteiger partial charge is 0.138 e. The number of fused-ring (bicyclic) bond motifs is 1. The van der Waals surface area contributed by atoms with Gasteiger partial charge in [-0.3, -0.25) is 0 Å². The van der Waals surface area contributed by atoms with Crippen LogP contribution in [-0.4, -0.2) is 11.7 Å². The molecule has 1 unspecified atom stereocenters. The van der Waals surface area contributed by atoms with E-state index in [0.717, 1.165) is 16.5 Å². The SMILES string of the molecule is Cc1c(C(O)CN)oc2ccccc12. The third-order valence-corrected chi connectivity index (χ3v) is 2.41. The summed E-state index contributed by atoms with van der Waals surface area (Å²) in [6.07, 6.45) is -0.706. The highest BCUT2D eigenvalue weighted by Gasteiger charge is 2.15. The Morgan fingerprint density at radius 1 is 1.43 bits per heavy atom. The van der Waals surface area contributed by atoms with Crippen molar-refractivity contribution in [3.05, 3.63) is 35.6 Å². The molecule has 0 saturated carbocycles. The first-order valence-electron chi connectivity index (χ1n) is 4.60.